The topological polar surface area (TPSA) is 69.9 Å². The van der Waals surface area contributed by atoms with Crippen LogP contribution >= 0.6 is 27.3 Å². The number of carbonyl (C=O) groups excluding carboxylic acids is 2. The molecule has 0 saturated carbocycles. The molecule has 28 heavy (non-hydrogen) atoms. The molecule has 1 aromatic heterocycles. The van der Waals surface area contributed by atoms with Gasteiger partial charge in [0.25, 0.3) is 5.91 Å². The molecule has 1 amide bonds. The molecule has 0 atom stereocenters. The van der Waals surface area contributed by atoms with Crippen LogP contribution < -0.4 is 9.54 Å². The Hall–Kier alpha value is -2.45. The average molecular weight is 463 g/mol. The smallest absolute Gasteiger partial charge is 0.326 e. The van der Waals surface area contributed by atoms with Gasteiger partial charge in [-0.2, -0.15) is 4.99 Å². The maximum atomic E-state index is 12.5. The predicted octanol–water partition coefficient (Wildman–Crippen LogP) is 3.71. The summed E-state index contributed by atoms with van der Waals surface area (Å²) in [5.41, 5.74) is 1.67. The first-order valence-corrected chi connectivity index (χ1v) is 10.3. The summed E-state index contributed by atoms with van der Waals surface area (Å²) < 4.78 is 13.8. The first-order chi connectivity index (χ1) is 13.5. The molecule has 0 spiro atoms. The fourth-order valence-corrected chi connectivity index (χ4v) is 4.28. The number of esters is 1. The third-order valence-corrected chi connectivity index (χ3v) is 5.51. The number of nitrogens with zero attached hydrogens (tertiary/aromatic N) is 2. The van der Waals surface area contributed by atoms with Crippen molar-refractivity contribution in [2.75, 3.05) is 13.7 Å². The molecule has 1 heterocycles. The number of hydrogen-bond donors (Lipinski definition) is 0. The van der Waals surface area contributed by atoms with Crippen LogP contribution in [-0.2, 0) is 27.3 Å². The molecule has 8 heteroatoms. The number of thiazole rings is 1. The molecule has 3 rings (SSSR count). The van der Waals surface area contributed by atoms with Gasteiger partial charge in [-0.15, -0.1) is 0 Å². The number of halogens is 1. The Morgan fingerprint density at radius 1 is 1.18 bits per heavy atom. The second kappa shape index (κ2) is 9.16. The maximum Gasteiger partial charge on any atom is 0.326 e. The van der Waals surface area contributed by atoms with E-state index in [4.69, 9.17) is 9.47 Å². The molecule has 0 radical (unpaired) electrons. The van der Waals surface area contributed by atoms with Crippen LogP contribution in [0, 0.1) is 0 Å². The highest BCUT2D eigenvalue weighted by Gasteiger charge is 2.13. The molecule has 0 aliphatic heterocycles. The molecular formula is C20H19BrN2O4S. The summed E-state index contributed by atoms with van der Waals surface area (Å²) in [7, 11) is 1.59. The van der Waals surface area contributed by atoms with Gasteiger partial charge in [-0.05, 0) is 42.8 Å². The lowest BCUT2D eigenvalue weighted by Gasteiger charge is -2.05. The van der Waals surface area contributed by atoms with Gasteiger partial charge in [0.1, 0.15) is 12.3 Å². The Kier molecular flexibility index (Phi) is 6.64. The second-order valence-electron chi connectivity index (χ2n) is 5.92. The summed E-state index contributed by atoms with van der Waals surface area (Å²) in [5.74, 6) is 0.0815. The summed E-state index contributed by atoms with van der Waals surface area (Å²) in [5, 5.41) is 0. The highest BCUT2D eigenvalue weighted by Crippen LogP contribution is 2.22. The quantitative estimate of drug-likeness (QED) is 0.523. The molecule has 0 bridgehead atoms. The number of methoxy groups -OCH3 is 1. The van der Waals surface area contributed by atoms with E-state index in [1.165, 1.54) is 11.3 Å². The van der Waals surface area contributed by atoms with Crippen LogP contribution in [0.5, 0.6) is 5.75 Å². The van der Waals surface area contributed by atoms with Crippen molar-refractivity contribution in [3.8, 4) is 5.75 Å². The van der Waals surface area contributed by atoms with E-state index in [1.807, 2.05) is 30.3 Å². The van der Waals surface area contributed by atoms with Crippen molar-refractivity contribution in [2.24, 2.45) is 4.99 Å². The van der Waals surface area contributed by atoms with Gasteiger partial charge in [0.15, 0.2) is 4.80 Å². The lowest BCUT2D eigenvalue weighted by Crippen LogP contribution is -2.23. The van der Waals surface area contributed by atoms with E-state index in [0.717, 1.165) is 26.0 Å². The van der Waals surface area contributed by atoms with Crippen LogP contribution in [0.1, 0.15) is 12.5 Å². The number of aromatic nitrogens is 1. The molecule has 0 aliphatic carbocycles. The number of carbonyl (C=O) groups is 2. The Bertz CT molecular complexity index is 1070. The number of ether oxygens (including phenoxy) is 2. The second-order valence-corrected chi connectivity index (χ2v) is 7.84. The highest BCUT2D eigenvalue weighted by atomic mass is 79.9. The Morgan fingerprint density at radius 3 is 2.61 bits per heavy atom. The normalized spacial score (nSPS) is 11.6. The third-order valence-electron chi connectivity index (χ3n) is 3.97. The lowest BCUT2D eigenvalue weighted by atomic mass is 10.1. The van der Waals surface area contributed by atoms with E-state index >= 15 is 0 Å². The summed E-state index contributed by atoms with van der Waals surface area (Å²) in [4.78, 5) is 29.3. The van der Waals surface area contributed by atoms with Gasteiger partial charge in [-0.1, -0.05) is 39.4 Å². The molecule has 6 nitrogen and oxygen atoms in total. The molecule has 0 unspecified atom stereocenters. The molecule has 2 aromatic carbocycles. The zero-order valence-corrected chi connectivity index (χ0v) is 17.9. The number of fused-ring (bicyclic) bond motifs is 1. The number of rotatable bonds is 6. The first kappa shape index (κ1) is 20.3. The van der Waals surface area contributed by atoms with E-state index in [1.54, 1.807) is 30.7 Å². The Labute approximate surface area is 174 Å². The number of amides is 1. The van der Waals surface area contributed by atoms with E-state index in [0.29, 0.717) is 11.4 Å². The minimum absolute atomic E-state index is 0.00409. The van der Waals surface area contributed by atoms with Gasteiger partial charge in [-0.3, -0.25) is 9.59 Å². The molecule has 146 valence electrons. The molecule has 0 fully saturated rings. The number of hydrogen-bond acceptors (Lipinski definition) is 5. The van der Waals surface area contributed by atoms with E-state index in [2.05, 4.69) is 20.9 Å². The van der Waals surface area contributed by atoms with Crippen molar-refractivity contribution < 1.29 is 19.1 Å². The largest absolute Gasteiger partial charge is 0.497 e. The standard InChI is InChI=1S/C20H19BrN2O4S/c1-3-27-19(25)12-23-16-9-6-14(21)11-17(16)28-20(23)22-18(24)10-13-4-7-15(26-2)8-5-13/h4-9,11H,3,10,12H2,1-2H3. The van der Waals surface area contributed by atoms with Gasteiger partial charge in [0, 0.05) is 4.47 Å². The average Bonchev–Trinajstić information content (AvgIpc) is 2.98. The van der Waals surface area contributed by atoms with Crippen LogP contribution in [0.4, 0.5) is 0 Å². The van der Waals surface area contributed by atoms with Crippen LogP contribution in [0.2, 0.25) is 0 Å². The van der Waals surface area contributed by atoms with Crippen LogP contribution in [0.15, 0.2) is 51.9 Å². The van der Waals surface area contributed by atoms with Gasteiger partial charge in [0.2, 0.25) is 0 Å². The minimum Gasteiger partial charge on any atom is -0.497 e. The minimum atomic E-state index is -0.367. The summed E-state index contributed by atoms with van der Waals surface area (Å²) >= 11 is 4.81. The van der Waals surface area contributed by atoms with Crippen molar-refractivity contribution in [2.45, 2.75) is 19.9 Å². The van der Waals surface area contributed by atoms with Crippen molar-refractivity contribution in [1.29, 1.82) is 0 Å². The fraction of sp³-hybridized carbons (Fsp3) is 0.250. The Morgan fingerprint density at radius 2 is 1.93 bits per heavy atom. The Balaban J connectivity index is 1.94. The molecule has 3 aromatic rings. The summed E-state index contributed by atoms with van der Waals surface area (Å²) in [6, 6.07) is 13.0. The van der Waals surface area contributed by atoms with Crippen molar-refractivity contribution in [3.63, 3.8) is 0 Å². The molecular weight excluding hydrogens is 444 g/mol. The zero-order chi connectivity index (χ0) is 20.1. The van der Waals surface area contributed by atoms with Gasteiger partial charge in [0.05, 0.1) is 30.4 Å². The van der Waals surface area contributed by atoms with Crippen molar-refractivity contribution in [3.05, 3.63) is 57.3 Å². The third kappa shape index (κ3) is 4.88. The van der Waals surface area contributed by atoms with Crippen LogP contribution in [-0.4, -0.2) is 30.2 Å². The van der Waals surface area contributed by atoms with E-state index in [-0.39, 0.29) is 24.8 Å². The van der Waals surface area contributed by atoms with Crippen molar-refractivity contribution in [1.82, 2.24) is 4.57 Å². The van der Waals surface area contributed by atoms with Crippen LogP contribution in [0.25, 0.3) is 10.2 Å². The molecule has 0 N–H and O–H groups in total. The number of benzene rings is 2. The van der Waals surface area contributed by atoms with E-state index in [9.17, 15) is 9.59 Å². The first-order valence-electron chi connectivity index (χ1n) is 8.65. The van der Waals surface area contributed by atoms with E-state index < -0.39 is 0 Å². The molecule has 0 saturated heterocycles. The SMILES string of the molecule is CCOC(=O)Cn1c(=NC(=O)Cc2ccc(OC)cc2)sc2cc(Br)ccc21. The predicted molar refractivity (Wildman–Crippen MR) is 111 cm³/mol. The van der Waals surface area contributed by atoms with Gasteiger partial charge >= 0.3 is 5.97 Å². The zero-order valence-electron chi connectivity index (χ0n) is 15.5. The fourth-order valence-electron chi connectivity index (χ4n) is 2.69. The lowest BCUT2D eigenvalue weighted by molar-refractivity contribution is -0.143. The summed E-state index contributed by atoms with van der Waals surface area (Å²) in [6.45, 7) is 2.06. The van der Waals surface area contributed by atoms with Gasteiger partial charge in [-0.25, -0.2) is 0 Å². The van der Waals surface area contributed by atoms with Crippen LogP contribution in [0.3, 0.4) is 0 Å². The molecule has 0 aliphatic rings. The summed E-state index contributed by atoms with van der Waals surface area (Å²) in [6.07, 6.45) is 0.168. The highest BCUT2D eigenvalue weighted by molar-refractivity contribution is 9.10. The van der Waals surface area contributed by atoms with Gasteiger partial charge < -0.3 is 14.0 Å². The monoisotopic (exact) mass is 462 g/mol. The maximum absolute atomic E-state index is 12.5. The van der Waals surface area contributed by atoms with Crippen molar-refractivity contribution >= 4 is 49.4 Å².